The Labute approximate surface area is 164 Å². The number of methoxy groups -OCH3 is 1. The van der Waals surface area contributed by atoms with Crippen LogP contribution in [0.3, 0.4) is 0 Å². The van der Waals surface area contributed by atoms with E-state index in [0.29, 0.717) is 18.9 Å². The van der Waals surface area contributed by atoms with Gasteiger partial charge < -0.3 is 19.4 Å². The highest BCUT2D eigenvalue weighted by atomic mass is 16.5. The zero-order valence-corrected chi connectivity index (χ0v) is 16.1. The van der Waals surface area contributed by atoms with Crippen molar-refractivity contribution in [2.24, 2.45) is 5.92 Å². The van der Waals surface area contributed by atoms with Crippen LogP contribution in [0.2, 0.25) is 0 Å². The molecule has 1 aromatic heterocycles. The van der Waals surface area contributed by atoms with Crippen molar-refractivity contribution in [1.29, 1.82) is 0 Å². The van der Waals surface area contributed by atoms with Gasteiger partial charge in [-0.15, -0.1) is 0 Å². The van der Waals surface area contributed by atoms with E-state index in [-0.39, 0.29) is 5.91 Å². The third-order valence-electron chi connectivity index (χ3n) is 5.26. The van der Waals surface area contributed by atoms with Crippen LogP contribution in [0.1, 0.15) is 18.4 Å². The molecule has 146 valence electrons. The SMILES string of the molecule is COc1ccc(OCC2CCCN(C(=O)Cc3ccc4nc[nH]c4c3)C2)cc1. The summed E-state index contributed by atoms with van der Waals surface area (Å²) < 4.78 is 11.1. The van der Waals surface area contributed by atoms with Gasteiger partial charge in [0.05, 0.1) is 37.5 Å². The Morgan fingerprint density at radius 1 is 1.21 bits per heavy atom. The molecule has 2 heterocycles. The Kier molecular flexibility index (Phi) is 5.46. The molecule has 1 aliphatic heterocycles. The zero-order chi connectivity index (χ0) is 19.3. The van der Waals surface area contributed by atoms with Crippen LogP contribution in [0.4, 0.5) is 0 Å². The van der Waals surface area contributed by atoms with E-state index in [1.165, 1.54) is 0 Å². The second-order valence-corrected chi connectivity index (χ2v) is 7.27. The van der Waals surface area contributed by atoms with E-state index in [1.807, 2.05) is 47.4 Å². The van der Waals surface area contributed by atoms with Crippen molar-refractivity contribution >= 4 is 16.9 Å². The average molecular weight is 379 g/mol. The molecule has 2 aromatic carbocycles. The molecular formula is C22H25N3O3. The number of ether oxygens (including phenoxy) is 2. The van der Waals surface area contributed by atoms with Crippen LogP contribution in [0.15, 0.2) is 48.8 Å². The summed E-state index contributed by atoms with van der Waals surface area (Å²) >= 11 is 0. The predicted molar refractivity (Wildman–Crippen MR) is 108 cm³/mol. The lowest BCUT2D eigenvalue weighted by Crippen LogP contribution is -2.42. The molecule has 1 fully saturated rings. The van der Waals surface area contributed by atoms with Crippen LogP contribution < -0.4 is 9.47 Å². The lowest BCUT2D eigenvalue weighted by atomic mass is 9.98. The maximum atomic E-state index is 12.8. The summed E-state index contributed by atoms with van der Waals surface area (Å²) in [6.45, 7) is 2.20. The Hall–Kier alpha value is -3.02. The number of likely N-dealkylation sites (tertiary alicyclic amines) is 1. The summed E-state index contributed by atoms with van der Waals surface area (Å²) in [5.41, 5.74) is 2.90. The second kappa shape index (κ2) is 8.33. The number of aromatic amines is 1. The van der Waals surface area contributed by atoms with Crippen LogP contribution >= 0.6 is 0 Å². The quantitative estimate of drug-likeness (QED) is 0.712. The third-order valence-corrected chi connectivity index (χ3v) is 5.26. The molecule has 1 aliphatic rings. The number of carbonyl (C=O) groups is 1. The molecule has 0 aliphatic carbocycles. The predicted octanol–water partition coefficient (Wildman–Crippen LogP) is 3.43. The highest BCUT2D eigenvalue weighted by Crippen LogP contribution is 2.22. The number of benzene rings is 2. The largest absolute Gasteiger partial charge is 0.497 e. The van der Waals surface area contributed by atoms with Crippen molar-refractivity contribution < 1.29 is 14.3 Å². The van der Waals surface area contributed by atoms with Crippen LogP contribution in [-0.2, 0) is 11.2 Å². The number of aromatic nitrogens is 2. The molecule has 1 N–H and O–H groups in total. The van der Waals surface area contributed by atoms with Crippen LogP contribution in [0.25, 0.3) is 11.0 Å². The number of hydrogen-bond acceptors (Lipinski definition) is 4. The van der Waals surface area contributed by atoms with Crippen LogP contribution in [0, 0.1) is 5.92 Å². The maximum Gasteiger partial charge on any atom is 0.227 e. The maximum absolute atomic E-state index is 12.8. The first kappa shape index (κ1) is 18.3. The minimum absolute atomic E-state index is 0.174. The van der Waals surface area contributed by atoms with Crippen molar-refractivity contribution in [2.75, 3.05) is 26.8 Å². The van der Waals surface area contributed by atoms with E-state index < -0.39 is 0 Å². The number of nitrogens with one attached hydrogen (secondary N) is 1. The highest BCUT2D eigenvalue weighted by molar-refractivity contribution is 5.81. The van der Waals surface area contributed by atoms with E-state index in [9.17, 15) is 4.79 Å². The summed E-state index contributed by atoms with van der Waals surface area (Å²) in [5, 5.41) is 0. The van der Waals surface area contributed by atoms with Gasteiger partial charge in [0.1, 0.15) is 11.5 Å². The van der Waals surface area contributed by atoms with E-state index >= 15 is 0 Å². The van der Waals surface area contributed by atoms with Gasteiger partial charge in [-0.2, -0.15) is 0 Å². The lowest BCUT2D eigenvalue weighted by Gasteiger charge is -2.32. The summed E-state index contributed by atoms with van der Waals surface area (Å²) in [6, 6.07) is 13.6. The molecule has 4 rings (SSSR count). The number of carbonyl (C=O) groups excluding carboxylic acids is 1. The standard InChI is InChI=1S/C22H25N3O3/c1-27-18-5-7-19(8-6-18)28-14-17-3-2-10-25(13-17)22(26)12-16-4-9-20-21(11-16)24-15-23-20/h4-9,11,15,17H,2-3,10,12-14H2,1H3,(H,23,24). The van der Waals surface area contributed by atoms with Gasteiger partial charge >= 0.3 is 0 Å². The van der Waals surface area contributed by atoms with Gasteiger partial charge in [0.15, 0.2) is 0 Å². The molecule has 6 nitrogen and oxygen atoms in total. The topological polar surface area (TPSA) is 67.5 Å². The molecule has 0 radical (unpaired) electrons. The van der Waals surface area contributed by atoms with Crippen molar-refractivity contribution in [3.05, 3.63) is 54.4 Å². The van der Waals surface area contributed by atoms with Crippen molar-refractivity contribution in [3.8, 4) is 11.5 Å². The first-order chi connectivity index (χ1) is 13.7. The monoisotopic (exact) mass is 379 g/mol. The van der Waals surface area contributed by atoms with E-state index in [2.05, 4.69) is 9.97 Å². The molecule has 6 heteroatoms. The fourth-order valence-electron chi connectivity index (χ4n) is 3.69. The molecule has 0 bridgehead atoms. The van der Waals surface area contributed by atoms with Gasteiger partial charge in [-0.05, 0) is 54.8 Å². The summed E-state index contributed by atoms with van der Waals surface area (Å²) in [5.74, 6) is 2.18. The van der Waals surface area contributed by atoms with Crippen molar-refractivity contribution in [1.82, 2.24) is 14.9 Å². The van der Waals surface area contributed by atoms with Gasteiger partial charge in [-0.1, -0.05) is 6.07 Å². The number of imidazole rings is 1. The number of H-pyrrole nitrogens is 1. The molecule has 0 spiro atoms. The first-order valence-electron chi connectivity index (χ1n) is 9.68. The fourth-order valence-corrected chi connectivity index (χ4v) is 3.69. The lowest BCUT2D eigenvalue weighted by molar-refractivity contribution is -0.132. The Morgan fingerprint density at radius 3 is 2.86 bits per heavy atom. The molecule has 1 amide bonds. The van der Waals surface area contributed by atoms with E-state index in [0.717, 1.165) is 54.0 Å². The number of fused-ring (bicyclic) bond motifs is 1. The second-order valence-electron chi connectivity index (χ2n) is 7.27. The van der Waals surface area contributed by atoms with Crippen LogP contribution in [0.5, 0.6) is 11.5 Å². The van der Waals surface area contributed by atoms with Gasteiger partial charge in [-0.25, -0.2) is 4.98 Å². The molecular weight excluding hydrogens is 354 g/mol. The Morgan fingerprint density at radius 2 is 2.04 bits per heavy atom. The zero-order valence-electron chi connectivity index (χ0n) is 16.1. The smallest absolute Gasteiger partial charge is 0.227 e. The summed E-state index contributed by atoms with van der Waals surface area (Å²) in [7, 11) is 1.65. The number of piperidine rings is 1. The molecule has 3 aromatic rings. The average Bonchev–Trinajstić information content (AvgIpc) is 3.21. The summed E-state index contributed by atoms with van der Waals surface area (Å²) in [4.78, 5) is 22.1. The van der Waals surface area contributed by atoms with Crippen molar-refractivity contribution in [2.45, 2.75) is 19.3 Å². The van der Waals surface area contributed by atoms with Gasteiger partial charge in [0, 0.05) is 19.0 Å². The number of rotatable bonds is 6. The minimum atomic E-state index is 0.174. The molecule has 1 atom stereocenters. The van der Waals surface area contributed by atoms with Crippen molar-refractivity contribution in [3.63, 3.8) is 0 Å². The van der Waals surface area contributed by atoms with Crippen LogP contribution in [-0.4, -0.2) is 47.6 Å². The van der Waals surface area contributed by atoms with E-state index in [1.54, 1.807) is 13.4 Å². The number of hydrogen-bond donors (Lipinski definition) is 1. The molecule has 28 heavy (non-hydrogen) atoms. The summed E-state index contributed by atoms with van der Waals surface area (Å²) in [6.07, 6.45) is 4.19. The van der Waals surface area contributed by atoms with Gasteiger partial charge in [0.25, 0.3) is 0 Å². The molecule has 1 unspecified atom stereocenters. The fraction of sp³-hybridized carbons (Fsp3) is 0.364. The van der Waals surface area contributed by atoms with Gasteiger partial charge in [-0.3, -0.25) is 4.79 Å². The molecule has 1 saturated heterocycles. The third kappa shape index (κ3) is 4.27. The Bertz CT molecular complexity index is 936. The first-order valence-corrected chi connectivity index (χ1v) is 9.68. The number of amides is 1. The van der Waals surface area contributed by atoms with E-state index in [4.69, 9.17) is 9.47 Å². The minimum Gasteiger partial charge on any atom is -0.497 e. The number of nitrogens with zero attached hydrogens (tertiary/aromatic N) is 2. The Balaban J connectivity index is 1.31. The highest BCUT2D eigenvalue weighted by Gasteiger charge is 2.24. The van der Waals surface area contributed by atoms with Gasteiger partial charge in [0.2, 0.25) is 5.91 Å². The normalized spacial score (nSPS) is 16.9. The molecule has 0 saturated carbocycles.